The molecular formula is C30H34ClFN8O2. The van der Waals surface area contributed by atoms with E-state index in [0.29, 0.717) is 52.8 Å². The number of amides is 1. The number of hydrogen-bond acceptors (Lipinski definition) is 9. The Hall–Kier alpha value is -3.96. The number of nitrogens with zero attached hydrogens (tertiary/aromatic N) is 7. The second-order valence-corrected chi connectivity index (χ2v) is 12.0. The first-order valence-electron chi connectivity index (χ1n) is 14.0. The zero-order chi connectivity index (χ0) is 30.0. The van der Waals surface area contributed by atoms with Crippen molar-refractivity contribution in [3.05, 3.63) is 47.3 Å². The highest BCUT2D eigenvalue weighted by atomic mass is 35.5. The normalized spacial score (nSPS) is 19.7. The number of halogens is 2. The van der Waals surface area contributed by atoms with Crippen LogP contribution in [0.2, 0.25) is 5.02 Å². The van der Waals surface area contributed by atoms with Crippen molar-refractivity contribution in [2.24, 2.45) is 0 Å². The van der Waals surface area contributed by atoms with Crippen LogP contribution in [-0.4, -0.2) is 89.2 Å². The van der Waals surface area contributed by atoms with Crippen LogP contribution in [0.15, 0.2) is 35.4 Å². The van der Waals surface area contributed by atoms with Crippen molar-refractivity contribution >= 4 is 57.0 Å². The maximum atomic E-state index is 16.9. The van der Waals surface area contributed by atoms with E-state index in [-0.39, 0.29) is 39.9 Å². The van der Waals surface area contributed by atoms with Gasteiger partial charge >= 0.3 is 0 Å². The van der Waals surface area contributed by atoms with Gasteiger partial charge in [-0.3, -0.25) is 4.79 Å². The number of fused-ring (bicyclic) bond motifs is 2. The highest BCUT2D eigenvalue weighted by Crippen LogP contribution is 2.44. The first-order chi connectivity index (χ1) is 20.0. The Morgan fingerprint density at radius 1 is 1.14 bits per heavy atom. The van der Waals surface area contributed by atoms with Gasteiger partial charge in [-0.1, -0.05) is 29.4 Å². The highest BCUT2D eigenvalue weighted by molar-refractivity contribution is 6.35. The molecule has 2 atom stereocenters. The molecule has 2 aromatic heterocycles. The van der Waals surface area contributed by atoms with Gasteiger partial charge in [0.1, 0.15) is 11.3 Å². The molecule has 2 fully saturated rings. The third-order valence-electron chi connectivity index (χ3n) is 8.57. The molecule has 4 aromatic rings. The lowest BCUT2D eigenvalue weighted by Crippen LogP contribution is -2.59. The van der Waals surface area contributed by atoms with Gasteiger partial charge in [0, 0.05) is 60.8 Å². The van der Waals surface area contributed by atoms with Crippen LogP contribution in [0.4, 0.5) is 22.0 Å². The van der Waals surface area contributed by atoms with E-state index in [2.05, 4.69) is 26.4 Å². The number of carbonyl (C=O) groups is 1. The van der Waals surface area contributed by atoms with Crippen LogP contribution < -0.4 is 15.5 Å². The summed E-state index contributed by atoms with van der Waals surface area (Å²) in [6, 6.07) is 5.51. The fourth-order valence-corrected chi connectivity index (χ4v) is 6.27. The summed E-state index contributed by atoms with van der Waals surface area (Å²) in [7, 11) is 4.07. The minimum atomic E-state index is -0.571. The second kappa shape index (κ2) is 10.4. The molecule has 10 nitrogen and oxygen atoms in total. The van der Waals surface area contributed by atoms with Crippen molar-refractivity contribution < 1.29 is 13.7 Å². The van der Waals surface area contributed by atoms with Gasteiger partial charge in [-0.05, 0) is 58.6 Å². The molecule has 2 saturated heterocycles. The maximum absolute atomic E-state index is 16.9. The molecular weight excluding hydrogens is 559 g/mol. The van der Waals surface area contributed by atoms with Gasteiger partial charge in [0.05, 0.1) is 10.4 Å². The molecule has 42 heavy (non-hydrogen) atoms. The number of rotatable bonds is 5. The quantitative estimate of drug-likeness (QED) is 0.336. The molecule has 0 saturated carbocycles. The lowest BCUT2D eigenvalue weighted by atomic mass is 9.96. The van der Waals surface area contributed by atoms with Gasteiger partial charge in [0.25, 0.3) is 0 Å². The Kier molecular flexibility index (Phi) is 6.97. The van der Waals surface area contributed by atoms with Crippen LogP contribution >= 0.6 is 11.6 Å². The number of nitrogen functional groups attached to an aromatic ring is 1. The summed E-state index contributed by atoms with van der Waals surface area (Å²) < 4.78 is 22.4. The first-order valence-corrected chi connectivity index (χ1v) is 14.3. The fraction of sp³-hybridized carbons (Fsp3) is 0.400. The molecule has 0 bridgehead atoms. The predicted molar refractivity (Wildman–Crippen MR) is 165 cm³/mol. The van der Waals surface area contributed by atoms with Crippen molar-refractivity contribution in [3.63, 3.8) is 0 Å². The van der Waals surface area contributed by atoms with E-state index in [9.17, 15) is 4.79 Å². The van der Waals surface area contributed by atoms with Crippen LogP contribution in [0.3, 0.4) is 0 Å². The van der Waals surface area contributed by atoms with Crippen molar-refractivity contribution in [2.45, 2.75) is 38.9 Å². The van der Waals surface area contributed by atoms with Crippen molar-refractivity contribution in [3.8, 4) is 11.1 Å². The smallest absolute Gasteiger partial charge is 0.246 e. The summed E-state index contributed by atoms with van der Waals surface area (Å²) in [4.78, 5) is 30.4. The van der Waals surface area contributed by atoms with E-state index < -0.39 is 5.82 Å². The molecule has 4 heterocycles. The lowest BCUT2D eigenvalue weighted by molar-refractivity contribution is -0.128. The number of aryl methyl sites for hydroxylation is 1. The number of carbonyl (C=O) groups excluding carboxylic acids is 1. The second-order valence-electron chi connectivity index (χ2n) is 11.6. The zero-order valence-corrected chi connectivity index (χ0v) is 25.1. The molecule has 0 unspecified atom stereocenters. The fourth-order valence-electron chi connectivity index (χ4n) is 5.98. The van der Waals surface area contributed by atoms with Crippen LogP contribution in [0.25, 0.3) is 33.0 Å². The summed E-state index contributed by atoms with van der Waals surface area (Å²) in [5.74, 6) is 0.569. The van der Waals surface area contributed by atoms with Crippen molar-refractivity contribution in [1.82, 2.24) is 24.9 Å². The predicted octanol–water partition coefficient (Wildman–Crippen LogP) is 4.48. The molecule has 2 aromatic carbocycles. The average molecular weight is 593 g/mol. The van der Waals surface area contributed by atoms with Gasteiger partial charge in [-0.25, -0.2) is 9.37 Å². The lowest BCUT2D eigenvalue weighted by Gasteiger charge is -2.45. The Morgan fingerprint density at radius 3 is 2.57 bits per heavy atom. The average Bonchev–Trinajstić information content (AvgIpc) is 3.29. The molecule has 0 aliphatic carbocycles. The molecule has 1 amide bonds. The highest BCUT2D eigenvalue weighted by Gasteiger charge is 2.36. The third-order valence-corrected chi connectivity index (χ3v) is 8.87. The summed E-state index contributed by atoms with van der Waals surface area (Å²) >= 11 is 6.89. The molecule has 2 N–H and O–H groups in total. The molecule has 0 spiro atoms. The number of hydrogen-bond donors (Lipinski definition) is 1. The van der Waals surface area contributed by atoms with Gasteiger partial charge in [-0.15, -0.1) is 0 Å². The van der Waals surface area contributed by atoms with Gasteiger partial charge in [0.15, 0.2) is 17.2 Å². The number of anilines is 3. The number of aromatic nitrogens is 3. The van der Waals surface area contributed by atoms with E-state index in [1.807, 2.05) is 40.9 Å². The SMILES string of the molecule is C=CC(=O)N1C[C@H](C)N(c2nc(N3CC(N(C)C)C3)nc3c(F)c(-c4c(C)ccc5c(N)noc45)c(Cl)cc23)C[C@H]1C. The molecule has 0 radical (unpaired) electrons. The van der Waals surface area contributed by atoms with Crippen LogP contribution in [0.5, 0.6) is 0 Å². The van der Waals surface area contributed by atoms with E-state index >= 15 is 4.39 Å². The third kappa shape index (κ3) is 4.42. The Bertz CT molecular complexity index is 1730. The standard InChI is InChI=1S/C30H34ClFN8O2/c1-7-22(41)39-11-17(4)40(12-16(39)3)29-20-10-21(31)24(23-15(2)8-9-19-27(23)42-36-28(19)33)25(32)26(20)34-30(35-29)38-13-18(14-38)37(5)6/h7-10,16-18H,1,11-14H2,2-6H3,(H2,33,36)/t16-,17+/m1/s1. The molecule has 6 rings (SSSR count). The number of nitrogens with two attached hydrogens (primary N) is 1. The Labute approximate surface area is 248 Å². The molecule has 220 valence electrons. The van der Waals surface area contributed by atoms with Crippen LogP contribution in [-0.2, 0) is 4.79 Å². The maximum Gasteiger partial charge on any atom is 0.246 e. The minimum Gasteiger partial charge on any atom is -0.380 e. The molecule has 2 aliphatic rings. The number of likely N-dealkylation sites (N-methyl/N-ethyl adjacent to an activating group) is 1. The Morgan fingerprint density at radius 2 is 1.88 bits per heavy atom. The van der Waals surface area contributed by atoms with Gasteiger partial charge in [-0.2, -0.15) is 4.98 Å². The summed E-state index contributed by atoms with van der Waals surface area (Å²) in [5.41, 5.74) is 7.96. The van der Waals surface area contributed by atoms with E-state index in [0.717, 1.165) is 18.7 Å². The van der Waals surface area contributed by atoms with E-state index in [1.54, 1.807) is 17.0 Å². The summed E-state index contributed by atoms with van der Waals surface area (Å²) in [6.45, 7) is 12.0. The molecule has 12 heteroatoms. The first kappa shape index (κ1) is 28.2. The van der Waals surface area contributed by atoms with Gasteiger partial charge in [0.2, 0.25) is 11.9 Å². The summed E-state index contributed by atoms with van der Waals surface area (Å²) in [6.07, 6.45) is 1.34. The molecule has 2 aliphatic heterocycles. The number of piperazine rings is 1. The van der Waals surface area contributed by atoms with Crippen molar-refractivity contribution in [1.29, 1.82) is 0 Å². The zero-order valence-electron chi connectivity index (χ0n) is 24.4. The monoisotopic (exact) mass is 592 g/mol. The van der Waals surface area contributed by atoms with Crippen molar-refractivity contribution in [2.75, 3.05) is 55.8 Å². The van der Waals surface area contributed by atoms with Crippen LogP contribution in [0, 0.1) is 12.7 Å². The minimum absolute atomic E-state index is 0.100. The Balaban J connectivity index is 1.55. The summed E-state index contributed by atoms with van der Waals surface area (Å²) in [5, 5.41) is 5.18. The van der Waals surface area contributed by atoms with E-state index in [1.165, 1.54) is 6.08 Å². The van der Waals surface area contributed by atoms with E-state index in [4.69, 9.17) is 31.8 Å². The number of benzene rings is 2. The topological polar surface area (TPSA) is 108 Å². The van der Waals surface area contributed by atoms with Gasteiger partial charge < -0.3 is 29.9 Å². The largest absolute Gasteiger partial charge is 0.380 e. The van der Waals surface area contributed by atoms with Crippen LogP contribution in [0.1, 0.15) is 19.4 Å².